The zero-order valence-corrected chi connectivity index (χ0v) is 35.5. The molecule has 2 fully saturated rings. The number of benzene rings is 8. The van der Waals surface area contributed by atoms with E-state index in [1.807, 2.05) is 0 Å². The summed E-state index contributed by atoms with van der Waals surface area (Å²) >= 11 is 0. The van der Waals surface area contributed by atoms with Gasteiger partial charge in [0, 0.05) is 39.2 Å². The summed E-state index contributed by atoms with van der Waals surface area (Å²) in [5.74, 6) is 1.13. The van der Waals surface area contributed by atoms with Crippen LogP contribution in [0.3, 0.4) is 0 Å². The highest BCUT2D eigenvalue weighted by Crippen LogP contribution is 2.54. The van der Waals surface area contributed by atoms with Crippen LogP contribution in [0.5, 0.6) is 0 Å². The predicted octanol–water partition coefficient (Wildman–Crippen LogP) is 17.4. The molecule has 3 aliphatic rings. The molecule has 2 saturated carbocycles. The van der Waals surface area contributed by atoms with E-state index < -0.39 is 0 Å². The maximum absolute atomic E-state index is 6.67. The molecule has 0 atom stereocenters. The van der Waals surface area contributed by atoms with Crippen molar-refractivity contribution >= 4 is 60.5 Å². The first kappa shape index (κ1) is 36.7. The molecule has 2 nitrogen and oxygen atoms in total. The second-order valence-electron chi connectivity index (χ2n) is 18.8. The number of para-hydroxylation sites is 1. The fourth-order valence-electron chi connectivity index (χ4n) is 12.0. The van der Waals surface area contributed by atoms with E-state index in [9.17, 15) is 0 Å². The number of hydrogen-bond donors (Lipinski definition) is 0. The van der Waals surface area contributed by atoms with Gasteiger partial charge in [-0.3, -0.25) is 0 Å². The van der Waals surface area contributed by atoms with Gasteiger partial charge in [0.05, 0.1) is 5.69 Å². The molecule has 0 saturated heterocycles. The van der Waals surface area contributed by atoms with Crippen molar-refractivity contribution in [1.82, 2.24) is 0 Å². The van der Waals surface area contributed by atoms with Crippen LogP contribution in [0, 0.1) is 0 Å². The summed E-state index contributed by atoms with van der Waals surface area (Å²) in [5, 5.41) is 7.79. The fourth-order valence-corrected chi connectivity index (χ4v) is 12.0. The molecule has 0 N–H and O–H groups in total. The van der Waals surface area contributed by atoms with E-state index in [0.29, 0.717) is 11.8 Å². The van der Waals surface area contributed by atoms with E-state index in [-0.39, 0.29) is 5.41 Å². The van der Waals surface area contributed by atoms with Gasteiger partial charge in [-0.2, -0.15) is 0 Å². The summed E-state index contributed by atoms with van der Waals surface area (Å²) in [6.07, 6.45) is 12.9. The highest BCUT2D eigenvalue weighted by atomic mass is 16.3. The van der Waals surface area contributed by atoms with E-state index in [1.54, 1.807) is 0 Å². The number of rotatable bonds is 6. The molecule has 8 aromatic carbocycles. The molecule has 2 heteroatoms. The van der Waals surface area contributed by atoms with Gasteiger partial charge < -0.3 is 9.32 Å². The molecule has 0 radical (unpaired) electrons. The topological polar surface area (TPSA) is 16.4 Å². The minimum absolute atomic E-state index is 0.138. The quantitative estimate of drug-likeness (QED) is 0.167. The third-order valence-corrected chi connectivity index (χ3v) is 15.1. The van der Waals surface area contributed by atoms with Crippen LogP contribution in [0.15, 0.2) is 156 Å². The van der Waals surface area contributed by atoms with E-state index in [0.717, 1.165) is 27.6 Å². The van der Waals surface area contributed by atoms with Gasteiger partial charge in [-0.1, -0.05) is 162 Å². The molecule has 1 heterocycles. The first-order valence-corrected chi connectivity index (χ1v) is 23.1. The maximum atomic E-state index is 6.67. The van der Waals surface area contributed by atoms with E-state index >= 15 is 0 Å². The Bertz CT molecular complexity index is 3150. The van der Waals surface area contributed by atoms with Gasteiger partial charge in [0.2, 0.25) is 0 Å². The molecule has 3 aliphatic carbocycles. The van der Waals surface area contributed by atoms with Gasteiger partial charge in [0.25, 0.3) is 0 Å². The molecule has 12 rings (SSSR count). The summed E-state index contributed by atoms with van der Waals surface area (Å²) in [4.78, 5) is 2.59. The van der Waals surface area contributed by atoms with E-state index in [4.69, 9.17) is 4.42 Å². The molecule has 0 aliphatic heterocycles. The van der Waals surface area contributed by atoms with Crippen LogP contribution in [0.4, 0.5) is 17.1 Å². The van der Waals surface area contributed by atoms with Gasteiger partial charge in [0.1, 0.15) is 11.2 Å². The summed E-state index contributed by atoms with van der Waals surface area (Å²) in [6.45, 7) is 4.80. The zero-order chi connectivity index (χ0) is 40.7. The smallest absolute Gasteiger partial charge is 0.137 e. The summed E-state index contributed by atoms with van der Waals surface area (Å²) in [7, 11) is 0. The molecular weight excluding hydrogens is 739 g/mol. The first-order chi connectivity index (χ1) is 30.0. The second kappa shape index (κ2) is 14.5. The van der Waals surface area contributed by atoms with E-state index in [1.165, 1.54) is 142 Å². The van der Waals surface area contributed by atoms with Crippen molar-refractivity contribution in [3.8, 4) is 22.3 Å². The normalized spacial score (nSPS) is 16.7. The van der Waals surface area contributed by atoms with Crippen LogP contribution < -0.4 is 4.90 Å². The van der Waals surface area contributed by atoms with E-state index in [2.05, 4.69) is 170 Å². The Kier molecular flexibility index (Phi) is 8.74. The SMILES string of the molecule is CC1(C)c2ccccc2-c2ccc(N(c3ccc4c(c3)oc3ccccc34)c3cc(C4CCCCC4)c4ccccc4c3-c3ccc(C4CCCCC4)c4ccccc34)cc21. The maximum Gasteiger partial charge on any atom is 0.137 e. The Labute approximate surface area is 359 Å². The van der Waals surface area contributed by atoms with Crippen LogP contribution in [0.25, 0.3) is 65.7 Å². The Morgan fingerprint density at radius 1 is 0.426 bits per heavy atom. The number of hydrogen-bond acceptors (Lipinski definition) is 2. The van der Waals surface area contributed by atoms with Gasteiger partial charge in [-0.15, -0.1) is 0 Å². The monoisotopic (exact) mass is 791 g/mol. The van der Waals surface area contributed by atoms with Crippen molar-refractivity contribution in [1.29, 1.82) is 0 Å². The Hall–Kier alpha value is -6.12. The lowest BCUT2D eigenvalue weighted by molar-refractivity contribution is 0.445. The Morgan fingerprint density at radius 3 is 1.75 bits per heavy atom. The Morgan fingerprint density at radius 2 is 0.984 bits per heavy atom. The molecule has 1 aromatic heterocycles. The van der Waals surface area contributed by atoms with Crippen LogP contribution >= 0.6 is 0 Å². The van der Waals surface area contributed by atoms with Gasteiger partial charge in [-0.05, 0) is 134 Å². The van der Waals surface area contributed by atoms with Crippen LogP contribution in [0.1, 0.15) is 112 Å². The van der Waals surface area contributed by atoms with Gasteiger partial charge in [-0.25, -0.2) is 0 Å². The third-order valence-electron chi connectivity index (χ3n) is 15.1. The molecule has 300 valence electrons. The number of anilines is 3. The average Bonchev–Trinajstić information content (AvgIpc) is 3.80. The molecule has 0 amide bonds. The highest BCUT2D eigenvalue weighted by Gasteiger charge is 2.36. The van der Waals surface area contributed by atoms with Crippen molar-refractivity contribution in [3.05, 3.63) is 174 Å². The molecule has 0 unspecified atom stereocenters. The van der Waals surface area contributed by atoms with Crippen LogP contribution in [0.2, 0.25) is 0 Å². The summed E-state index contributed by atoms with van der Waals surface area (Å²) in [6, 6.07) is 57.9. The fraction of sp³-hybridized carbons (Fsp3) is 0.254. The van der Waals surface area contributed by atoms with Crippen LogP contribution in [-0.2, 0) is 5.41 Å². The van der Waals surface area contributed by atoms with Gasteiger partial charge >= 0.3 is 0 Å². The summed E-state index contributed by atoms with van der Waals surface area (Å²) < 4.78 is 6.67. The van der Waals surface area contributed by atoms with Crippen molar-refractivity contribution < 1.29 is 4.42 Å². The lowest BCUT2D eigenvalue weighted by atomic mass is 9.78. The molecule has 9 aromatic rings. The van der Waals surface area contributed by atoms with Crippen molar-refractivity contribution in [2.45, 2.75) is 95.3 Å². The minimum Gasteiger partial charge on any atom is -0.456 e. The van der Waals surface area contributed by atoms with Crippen LogP contribution in [-0.4, -0.2) is 0 Å². The average molecular weight is 792 g/mol. The number of nitrogens with zero attached hydrogens (tertiary/aromatic N) is 1. The minimum atomic E-state index is -0.138. The third kappa shape index (κ3) is 5.89. The van der Waals surface area contributed by atoms with Crippen molar-refractivity contribution in [3.63, 3.8) is 0 Å². The number of furan rings is 1. The first-order valence-electron chi connectivity index (χ1n) is 23.1. The highest BCUT2D eigenvalue weighted by molar-refractivity contribution is 6.14. The van der Waals surface area contributed by atoms with Crippen molar-refractivity contribution in [2.75, 3.05) is 4.90 Å². The number of fused-ring (bicyclic) bond motifs is 8. The Balaban J connectivity index is 1.17. The standard InChI is InChI=1S/C59H53NO/c1-59(2)53-27-15-13-24-46(53)47-31-29-40(35-54(47)59)60(41-30-32-49-48-25-14-16-28-56(48)61-57(49)36-41)55-37-52(39-19-7-4-8-20-39)45-23-11-12-26-50(45)58(55)51-34-33-42(38-17-5-3-6-18-38)43-21-9-10-22-44(43)51/h9-16,21-39H,3-8,17-20H2,1-2H3. The summed E-state index contributed by atoms with van der Waals surface area (Å²) in [5.41, 5.74) is 16.3. The second-order valence-corrected chi connectivity index (χ2v) is 18.8. The lowest BCUT2D eigenvalue weighted by Gasteiger charge is -2.33. The molecular formula is C59H53NO. The largest absolute Gasteiger partial charge is 0.456 e. The lowest BCUT2D eigenvalue weighted by Crippen LogP contribution is -2.17. The molecule has 0 bridgehead atoms. The predicted molar refractivity (Wildman–Crippen MR) is 258 cm³/mol. The van der Waals surface area contributed by atoms with Crippen molar-refractivity contribution in [2.24, 2.45) is 0 Å². The molecule has 61 heavy (non-hydrogen) atoms. The molecule has 0 spiro atoms. The zero-order valence-electron chi connectivity index (χ0n) is 35.5. The van der Waals surface area contributed by atoms with Gasteiger partial charge in [0.15, 0.2) is 0 Å².